The van der Waals surface area contributed by atoms with Crippen molar-refractivity contribution in [2.75, 3.05) is 0 Å². The normalized spacial score (nSPS) is 11.4. The number of aryl methyl sites for hydroxylation is 2. The molecule has 0 aliphatic heterocycles. The highest BCUT2D eigenvalue weighted by Crippen LogP contribution is 2.16. The predicted molar refractivity (Wildman–Crippen MR) is 83.4 cm³/mol. The minimum atomic E-state index is -0.106. The molecular weight excluding hydrogens is 278 g/mol. The molecule has 0 N–H and O–H groups in total. The molecule has 4 aromatic rings. The van der Waals surface area contributed by atoms with Crippen molar-refractivity contribution in [3.05, 3.63) is 64.5 Å². The fourth-order valence-electron chi connectivity index (χ4n) is 2.73. The molecule has 6 nitrogen and oxygen atoms in total. The molecule has 6 heteroatoms. The molecule has 0 aliphatic carbocycles. The summed E-state index contributed by atoms with van der Waals surface area (Å²) in [4.78, 5) is 21.1. The second kappa shape index (κ2) is 4.49. The summed E-state index contributed by atoms with van der Waals surface area (Å²) in [7, 11) is 0. The molecule has 0 spiro atoms. The van der Waals surface area contributed by atoms with Crippen LogP contribution in [-0.4, -0.2) is 24.1 Å². The van der Waals surface area contributed by atoms with Crippen LogP contribution < -0.4 is 5.56 Å². The summed E-state index contributed by atoms with van der Waals surface area (Å²) in [6.07, 6.45) is 3.00. The van der Waals surface area contributed by atoms with Crippen molar-refractivity contribution in [3.63, 3.8) is 0 Å². The number of benzene rings is 1. The predicted octanol–water partition coefficient (Wildman–Crippen LogP) is 2.05. The van der Waals surface area contributed by atoms with Gasteiger partial charge in [-0.15, -0.1) is 0 Å². The Morgan fingerprint density at radius 2 is 1.95 bits per heavy atom. The highest BCUT2D eigenvalue weighted by molar-refractivity contribution is 5.79. The fraction of sp³-hybridized carbons (Fsp3) is 0.125. The van der Waals surface area contributed by atoms with Crippen LogP contribution in [0, 0.1) is 13.8 Å². The van der Waals surface area contributed by atoms with Crippen molar-refractivity contribution in [1.29, 1.82) is 0 Å². The second-order valence-corrected chi connectivity index (χ2v) is 5.29. The van der Waals surface area contributed by atoms with Crippen molar-refractivity contribution < 1.29 is 0 Å². The summed E-state index contributed by atoms with van der Waals surface area (Å²) in [5.74, 6) is 0.486. The standard InChI is InChI=1S/C16H13N5O/c1-10-4-3-5-12(6-10)20-11(2)7-14-13(15(20)22)8-17-16-18-9-19-21(14)16/h3-9H,1-2H3. The molecule has 3 heterocycles. The summed E-state index contributed by atoms with van der Waals surface area (Å²) < 4.78 is 3.28. The lowest BCUT2D eigenvalue weighted by Crippen LogP contribution is -2.21. The van der Waals surface area contributed by atoms with Gasteiger partial charge in [0.1, 0.15) is 6.33 Å². The van der Waals surface area contributed by atoms with Crippen LogP contribution in [0.4, 0.5) is 0 Å². The van der Waals surface area contributed by atoms with E-state index in [1.807, 2.05) is 44.2 Å². The number of rotatable bonds is 1. The van der Waals surface area contributed by atoms with Gasteiger partial charge in [0.05, 0.1) is 10.9 Å². The maximum atomic E-state index is 12.9. The molecule has 0 amide bonds. The quantitative estimate of drug-likeness (QED) is 0.538. The van der Waals surface area contributed by atoms with E-state index >= 15 is 0 Å². The summed E-state index contributed by atoms with van der Waals surface area (Å²) in [6.45, 7) is 3.91. The van der Waals surface area contributed by atoms with Crippen LogP contribution >= 0.6 is 0 Å². The number of aromatic nitrogens is 5. The maximum Gasteiger partial charge on any atom is 0.266 e. The lowest BCUT2D eigenvalue weighted by atomic mass is 10.2. The molecular formula is C16H13N5O. The van der Waals surface area contributed by atoms with E-state index < -0.39 is 0 Å². The monoisotopic (exact) mass is 291 g/mol. The van der Waals surface area contributed by atoms with Gasteiger partial charge in [-0.2, -0.15) is 14.6 Å². The minimum Gasteiger partial charge on any atom is -0.281 e. The molecule has 0 aliphatic rings. The average Bonchev–Trinajstić information content (AvgIpc) is 2.96. The molecule has 4 rings (SSSR count). The smallest absolute Gasteiger partial charge is 0.266 e. The Morgan fingerprint density at radius 3 is 2.77 bits per heavy atom. The summed E-state index contributed by atoms with van der Waals surface area (Å²) in [6, 6.07) is 9.80. The Morgan fingerprint density at radius 1 is 1.09 bits per heavy atom. The molecule has 108 valence electrons. The van der Waals surface area contributed by atoms with Gasteiger partial charge >= 0.3 is 0 Å². The molecule has 0 fully saturated rings. The summed E-state index contributed by atoms with van der Waals surface area (Å²) >= 11 is 0. The Balaban J connectivity index is 2.13. The Bertz CT molecular complexity index is 1080. The highest BCUT2D eigenvalue weighted by atomic mass is 16.1. The fourth-order valence-corrected chi connectivity index (χ4v) is 2.73. The van der Waals surface area contributed by atoms with E-state index in [0.717, 1.165) is 16.9 Å². The summed E-state index contributed by atoms with van der Waals surface area (Å²) in [5, 5.41) is 4.66. The second-order valence-electron chi connectivity index (χ2n) is 5.29. The third-order valence-corrected chi connectivity index (χ3v) is 3.73. The van der Waals surface area contributed by atoms with Gasteiger partial charge in [-0.25, -0.2) is 4.98 Å². The molecule has 0 saturated heterocycles. The molecule has 0 unspecified atom stereocenters. The van der Waals surface area contributed by atoms with Crippen LogP contribution in [0.2, 0.25) is 0 Å². The van der Waals surface area contributed by atoms with Gasteiger partial charge in [0.2, 0.25) is 0 Å². The molecule has 3 aromatic heterocycles. The van der Waals surface area contributed by atoms with Crippen molar-refractivity contribution in [1.82, 2.24) is 24.1 Å². The van der Waals surface area contributed by atoms with Crippen LogP contribution in [0.15, 0.2) is 47.7 Å². The largest absolute Gasteiger partial charge is 0.281 e. The number of pyridine rings is 1. The van der Waals surface area contributed by atoms with E-state index in [1.165, 1.54) is 6.33 Å². The molecule has 22 heavy (non-hydrogen) atoms. The lowest BCUT2D eigenvalue weighted by molar-refractivity contribution is 0.925. The molecule has 0 radical (unpaired) electrons. The first-order chi connectivity index (χ1) is 10.6. The highest BCUT2D eigenvalue weighted by Gasteiger charge is 2.12. The van der Waals surface area contributed by atoms with Crippen molar-refractivity contribution in [3.8, 4) is 5.69 Å². The zero-order valence-corrected chi connectivity index (χ0v) is 12.2. The van der Waals surface area contributed by atoms with Crippen LogP contribution in [0.3, 0.4) is 0 Å². The topological polar surface area (TPSA) is 65.1 Å². The first-order valence-corrected chi connectivity index (χ1v) is 6.93. The Hall–Kier alpha value is -3.02. The van der Waals surface area contributed by atoms with Gasteiger partial charge in [0.25, 0.3) is 11.3 Å². The van der Waals surface area contributed by atoms with Crippen molar-refractivity contribution in [2.24, 2.45) is 0 Å². The minimum absolute atomic E-state index is 0.106. The lowest BCUT2D eigenvalue weighted by Gasteiger charge is -2.12. The zero-order valence-electron chi connectivity index (χ0n) is 12.2. The summed E-state index contributed by atoms with van der Waals surface area (Å²) in [5.41, 5.74) is 3.40. The first kappa shape index (κ1) is 12.7. The zero-order chi connectivity index (χ0) is 15.3. The van der Waals surface area contributed by atoms with E-state index in [2.05, 4.69) is 15.1 Å². The Labute approximate surface area is 125 Å². The van der Waals surface area contributed by atoms with Gasteiger partial charge in [0, 0.05) is 17.6 Å². The van der Waals surface area contributed by atoms with Gasteiger partial charge in [-0.05, 0) is 37.6 Å². The Kier molecular flexibility index (Phi) is 2.59. The van der Waals surface area contributed by atoms with Crippen molar-refractivity contribution in [2.45, 2.75) is 13.8 Å². The van der Waals surface area contributed by atoms with Gasteiger partial charge in [-0.1, -0.05) is 12.1 Å². The third kappa shape index (κ3) is 1.74. The number of hydrogen-bond donors (Lipinski definition) is 0. The van der Waals surface area contributed by atoms with Gasteiger partial charge in [0.15, 0.2) is 0 Å². The molecule has 0 bridgehead atoms. The first-order valence-electron chi connectivity index (χ1n) is 6.93. The number of nitrogens with zero attached hydrogens (tertiary/aromatic N) is 5. The van der Waals surface area contributed by atoms with E-state index in [9.17, 15) is 4.79 Å². The van der Waals surface area contributed by atoms with E-state index in [4.69, 9.17) is 0 Å². The van der Waals surface area contributed by atoms with E-state index in [-0.39, 0.29) is 5.56 Å². The third-order valence-electron chi connectivity index (χ3n) is 3.73. The van der Waals surface area contributed by atoms with Gasteiger partial charge in [-0.3, -0.25) is 9.36 Å². The van der Waals surface area contributed by atoms with Crippen LogP contribution in [-0.2, 0) is 0 Å². The van der Waals surface area contributed by atoms with Crippen LogP contribution in [0.1, 0.15) is 11.3 Å². The number of hydrogen-bond acceptors (Lipinski definition) is 4. The van der Waals surface area contributed by atoms with Crippen LogP contribution in [0.25, 0.3) is 22.4 Å². The number of fused-ring (bicyclic) bond motifs is 3. The molecule has 1 aromatic carbocycles. The van der Waals surface area contributed by atoms with Gasteiger partial charge < -0.3 is 0 Å². The molecule has 0 saturated carbocycles. The SMILES string of the molecule is Cc1cccc(-n2c(C)cc3c(cnc4ncnn43)c2=O)c1. The maximum absolute atomic E-state index is 12.9. The van der Waals surface area contributed by atoms with Crippen molar-refractivity contribution >= 4 is 16.7 Å². The molecule has 0 atom stereocenters. The van der Waals surface area contributed by atoms with E-state index in [0.29, 0.717) is 16.7 Å². The average molecular weight is 291 g/mol. The van der Waals surface area contributed by atoms with Crippen LogP contribution in [0.5, 0.6) is 0 Å². The van der Waals surface area contributed by atoms with E-state index in [1.54, 1.807) is 15.3 Å².